The maximum atomic E-state index is 4.61. The van der Waals surface area contributed by atoms with Crippen molar-refractivity contribution < 1.29 is 0 Å². The molecule has 0 bridgehead atoms. The fourth-order valence-corrected chi connectivity index (χ4v) is 4.86. The summed E-state index contributed by atoms with van der Waals surface area (Å²) < 4.78 is 4.61. The molecule has 1 aromatic heterocycles. The predicted octanol–water partition coefficient (Wildman–Crippen LogP) is 2.73. The smallest absolute Gasteiger partial charge is 0.120 e. The molecule has 2 unspecified atom stereocenters. The lowest BCUT2D eigenvalue weighted by molar-refractivity contribution is 0.358. The molecule has 2 aliphatic heterocycles. The number of benzene rings is 1. The van der Waals surface area contributed by atoms with Crippen LogP contribution in [0.15, 0.2) is 24.3 Å². The first-order valence-electron chi connectivity index (χ1n) is 7.00. The number of hydrogen-bond acceptors (Lipinski definition) is 4. The van der Waals surface area contributed by atoms with E-state index in [2.05, 4.69) is 52.7 Å². The van der Waals surface area contributed by atoms with Gasteiger partial charge in [-0.15, -0.1) is 0 Å². The molecule has 2 atom stereocenters. The Bertz CT molecular complexity index is 619. The fraction of sp³-hybridized carbons (Fsp3) is 0.533. The Balaban J connectivity index is 1.80. The number of aromatic nitrogens is 1. The maximum absolute atomic E-state index is 4.61. The Labute approximate surface area is 117 Å². The van der Waals surface area contributed by atoms with Gasteiger partial charge in [-0.3, -0.25) is 0 Å². The van der Waals surface area contributed by atoms with Crippen molar-refractivity contribution in [2.75, 3.05) is 24.5 Å². The average Bonchev–Trinajstić information content (AvgIpc) is 3.06. The van der Waals surface area contributed by atoms with Gasteiger partial charge in [-0.1, -0.05) is 12.1 Å². The molecule has 0 saturated carbocycles. The first-order valence-corrected chi connectivity index (χ1v) is 7.78. The highest BCUT2D eigenvalue weighted by molar-refractivity contribution is 7.11. The Hall–Kier alpha value is -1.13. The SMILES string of the molecule is CC1(C)C2CNCC2CN1c1snc2ccccc12. The quantitative estimate of drug-likeness (QED) is 0.866. The van der Waals surface area contributed by atoms with Gasteiger partial charge in [0, 0.05) is 30.6 Å². The number of rotatable bonds is 1. The van der Waals surface area contributed by atoms with Crippen molar-refractivity contribution in [1.29, 1.82) is 0 Å². The van der Waals surface area contributed by atoms with E-state index in [-0.39, 0.29) is 5.54 Å². The molecule has 2 aliphatic rings. The lowest BCUT2D eigenvalue weighted by Gasteiger charge is -2.36. The second-order valence-electron chi connectivity index (χ2n) is 6.29. The van der Waals surface area contributed by atoms with E-state index < -0.39 is 0 Å². The number of fused-ring (bicyclic) bond motifs is 2. The van der Waals surface area contributed by atoms with Crippen LogP contribution in [0.3, 0.4) is 0 Å². The molecule has 1 aromatic carbocycles. The molecule has 4 rings (SSSR count). The van der Waals surface area contributed by atoms with Crippen LogP contribution in [-0.2, 0) is 0 Å². The summed E-state index contributed by atoms with van der Waals surface area (Å²) in [5.74, 6) is 1.55. The molecule has 100 valence electrons. The van der Waals surface area contributed by atoms with Crippen molar-refractivity contribution in [2.24, 2.45) is 11.8 Å². The summed E-state index contributed by atoms with van der Waals surface area (Å²) in [6.45, 7) is 8.27. The molecular formula is C15H19N3S. The van der Waals surface area contributed by atoms with Crippen molar-refractivity contribution in [1.82, 2.24) is 9.69 Å². The van der Waals surface area contributed by atoms with Crippen molar-refractivity contribution >= 4 is 27.4 Å². The zero-order valence-corrected chi connectivity index (χ0v) is 12.2. The minimum atomic E-state index is 0.226. The van der Waals surface area contributed by atoms with Gasteiger partial charge in [-0.2, -0.15) is 4.37 Å². The van der Waals surface area contributed by atoms with Crippen LogP contribution in [0.25, 0.3) is 10.9 Å². The van der Waals surface area contributed by atoms with E-state index in [9.17, 15) is 0 Å². The van der Waals surface area contributed by atoms with E-state index in [4.69, 9.17) is 0 Å². The van der Waals surface area contributed by atoms with Gasteiger partial charge < -0.3 is 10.2 Å². The Morgan fingerprint density at radius 1 is 1.32 bits per heavy atom. The Kier molecular flexibility index (Phi) is 2.42. The summed E-state index contributed by atoms with van der Waals surface area (Å²) in [6.07, 6.45) is 0. The molecule has 1 N–H and O–H groups in total. The first-order chi connectivity index (χ1) is 9.18. The number of anilines is 1. The molecule has 2 aromatic rings. The second-order valence-corrected chi connectivity index (χ2v) is 7.05. The molecule has 0 amide bonds. The van der Waals surface area contributed by atoms with Crippen LogP contribution in [0.1, 0.15) is 13.8 Å². The van der Waals surface area contributed by atoms with Crippen LogP contribution >= 0.6 is 11.5 Å². The molecule has 2 saturated heterocycles. The van der Waals surface area contributed by atoms with Crippen molar-refractivity contribution in [2.45, 2.75) is 19.4 Å². The second kappa shape index (κ2) is 3.93. The minimum absolute atomic E-state index is 0.226. The minimum Gasteiger partial charge on any atom is -0.356 e. The van der Waals surface area contributed by atoms with Crippen molar-refractivity contribution in [3.8, 4) is 0 Å². The maximum Gasteiger partial charge on any atom is 0.120 e. The highest BCUT2D eigenvalue weighted by atomic mass is 32.1. The molecule has 3 heterocycles. The van der Waals surface area contributed by atoms with E-state index in [1.807, 2.05) is 0 Å². The van der Waals surface area contributed by atoms with Crippen LogP contribution in [-0.4, -0.2) is 29.5 Å². The topological polar surface area (TPSA) is 28.2 Å². The third-order valence-corrected chi connectivity index (χ3v) is 5.87. The third-order valence-electron chi connectivity index (χ3n) is 4.97. The summed E-state index contributed by atoms with van der Waals surface area (Å²) in [5.41, 5.74) is 1.36. The molecule has 3 nitrogen and oxygen atoms in total. The van der Waals surface area contributed by atoms with Gasteiger partial charge in [0.2, 0.25) is 0 Å². The van der Waals surface area contributed by atoms with Gasteiger partial charge in [0.1, 0.15) is 5.00 Å². The summed E-state index contributed by atoms with van der Waals surface area (Å²) in [6, 6.07) is 8.50. The predicted molar refractivity (Wildman–Crippen MR) is 80.9 cm³/mol. The average molecular weight is 273 g/mol. The highest BCUT2D eigenvalue weighted by Gasteiger charge is 2.50. The van der Waals surface area contributed by atoms with Gasteiger partial charge >= 0.3 is 0 Å². The van der Waals surface area contributed by atoms with Crippen LogP contribution in [0.5, 0.6) is 0 Å². The van der Waals surface area contributed by atoms with Gasteiger partial charge in [0.05, 0.1) is 5.52 Å². The fourth-order valence-electron chi connectivity index (χ4n) is 3.84. The zero-order valence-electron chi connectivity index (χ0n) is 11.4. The molecule has 19 heavy (non-hydrogen) atoms. The van der Waals surface area contributed by atoms with E-state index in [0.29, 0.717) is 0 Å². The normalized spacial score (nSPS) is 29.1. The largest absolute Gasteiger partial charge is 0.356 e. The molecule has 0 spiro atoms. The van der Waals surface area contributed by atoms with Gasteiger partial charge in [-0.05, 0) is 49.3 Å². The van der Waals surface area contributed by atoms with E-state index in [1.165, 1.54) is 16.9 Å². The summed E-state index contributed by atoms with van der Waals surface area (Å²) in [7, 11) is 0. The van der Waals surface area contributed by atoms with Crippen LogP contribution in [0.4, 0.5) is 5.00 Å². The molecular weight excluding hydrogens is 254 g/mol. The molecule has 0 aliphatic carbocycles. The summed E-state index contributed by atoms with van der Waals surface area (Å²) in [4.78, 5) is 2.60. The third kappa shape index (κ3) is 1.56. The van der Waals surface area contributed by atoms with Crippen LogP contribution < -0.4 is 10.2 Å². The Morgan fingerprint density at radius 3 is 3.00 bits per heavy atom. The highest BCUT2D eigenvalue weighted by Crippen LogP contribution is 2.46. The summed E-state index contributed by atoms with van der Waals surface area (Å²) in [5, 5.41) is 6.21. The van der Waals surface area contributed by atoms with E-state index >= 15 is 0 Å². The number of nitrogens with one attached hydrogen (secondary N) is 1. The molecule has 4 heteroatoms. The van der Waals surface area contributed by atoms with Crippen LogP contribution in [0, 0.1) is 11.8 Å². The molecule has 2 fully saturated rings. The lowest BCUT2D eigenvalue weighted by Crippen LogP contribution is -2.44. The van der Waals surface area contributed by atoms with Gasteiger partial charge in [0.15, 0.2) is 0 Å². The lowest BCUT2D eigenvalue weighted by atomic mass is 9.85. The van der Waals surface area contributed by atoms with E-state index in [0.717, 1.165) is 30.4 Å². The van der Waals surface area contributed by atoms with Crippen molar-refractivity contribution in [3.05, 3.63) is 24.3 Å². The van der Waals surface area contributed by atoms with Gasteiger partial charge in [-0.25, -0.2) is 0 Å². The van der Waals surface area contributed by atoms with Crippen LogP contribution in [0.2, 0.25) is 0 Å². The summed E-state index contributed by atoms with van der Waals surface area (Å²) >= 11 is 1.66. The number of nitrogens with zero attached hydrogens (tertiary/aromatic N) is 2. The standard InChI is InChI=1S/C15H19N3S/c1-15(2)12-8-16-7-10(12)9-18(15)14-11-5-3-4-6-13(11)17-19-14/h3-6,10,12,16H,7-9H2,1-2H3. The van der Waals surface area contributed by atoms with Crippen molar-refractivity contribution in [3.63, 3.8) is 0 Å². The Morgan fingerprint density at radius 2 is 2.16 bits per heavy atom. The first kappa shape index (κ1) is 11.7. The number of hydrogen-bond donors (Lipinski definition) is 1. The monoisotopic (exact) mass is 273 g/mol. The van der Waals surface area contributed by atoms with Gasteiger partial charge in [0.25, 0.3) is 0 Å². The van der Waals surface area contributed by atoms with E-state index in [1.54, 1.807) is 11.5 Å². The molecule has 0 radical (unpaired) electrons. The zero-order chi connectivity index (χ0) is 13.0.